The topological polar surface area (TPSA) is 20.2 Å². The molecule has 18 heavy (non-hydrogen) atoms. The molecule has 1 aromatic heterocycles. The van der Waals surface area contributed by atoms with Gasteiger partial charge in [0.15, 0.2) is 0 Å². The molecule has 1 unspecified atom stereocenters. The lowest BCUT2D eigenvalue weighted by Gasteiger charge is -2.22. The van der Waals surface area contributed by atoms with Crippen molar-refractivity contribution in [3.8, 4) is 0 Å². The third-order valence-corrected chi connectivity index (χ3v) is 4.57. The van der Waals surface area contributed by atoms with Crippen LogP contribution in [0.15, 0.2) is 60.7 Å². The van der Waals surface area contributed by atoms with Crippen LogP contribution in [0.1, 0.15) is 17.4 Å². The first-order valence-electron chi connectivity index (χ1n) is 5.95. The van der Waals surface area contributed by atoms with Gasteiger partial charge >= 0.3 is 0 Å². The lowest BCUT2D eigenvalue weighted by Crippen LogP contribution is -2.20. The van der Waals surface area contributed by atoms with Crippen LogP contribution in [-0.2, 0) is 5.60 Å². The molecule has 0 aliphatic heterocycles. The Bertz CT molecular complexity index is 635. The Morgan fingerprint density at radius 1 is 0.944 bits per heavy atom. The average Bonchev–Trinajstić information content (AvgIpc) is 2.84. The number of fused-ring (bicyclic) bond motifs is 1. The van der Waals surface area contributed by atoms with Crippen LogP contribution in [0.5, 0.6) is 0 Å². The molecular formula is C16H14OS. The van der Waals surface area contributed by atoms with Crippen LogP contribution in [0.4, 0.5) is 0 Å². The normalized spacial score (nSPS) is 14.6. The maximum Gasteiger partial charge on any atom is 0.121 e. The Hall–Kier alpha value is -1.64. The Morgan fingerprint density at radius 2 is 1.61 bits per heavy atom. The number of rotatable bonds is 2. The van der Waals surface area contributed by atoms with E-state index in [2.05, 4.69) is 18.2 Å². The highest BCUT2D eigenvalue weighted by molar-refractivity contribution is 7.19. The van der Waals surface area contributed by atoms with E-state index in [1.807, 2.05) is 49.4 Å². The van der Waals surface area contributed by atoms with Crippen molar-refractivity contribution in [2.75, 3.05) is 0 Å². The van der Waals surface area contributed by atoms with E-state index in [0.717, 1.165) is 10.4 Å². The molecule has 1 N–H and O–H groups in total. The number of aliphatic hydroxyl groups is 1. The molecule has 0 fully saturated rings. The van der Waals surface area contributed by atoms with Crippen molar-refractivity contribution in [1.82, 2.24) is 0 Å². The van der Waals surface area contributed by atoms with Crippen molar-refractivity contribution in [1.29, 1.82) is 0 Å². The summed E-state index contributed by atoms with van der Waals surface area (Å²) in [6.45, 7) is 1.85. The van der Waals surface area contributed by atoms with Crippen LogP contribution in [0.3, 0.4) is 0 Å². The minimum Gasteiger partial charge on any atom is -0.380 e. The smallest absolute Gasteiger partial charge is 0.121 e. The molecule has 1 atom stereocenters. The summed E-state index contributed by atoms with van der Waals surface area (Å²) in [6.07, 6.45) is 0. The summed E-state index contributed by atoms with van der Waals surface area (Å²) in [5.74, 6) is 0. The molecule has 0 radical (unpaired) electrons. The number of thiophene rings is 1. The lowest BCUT2D eigenvalue weighted by molar-refractivity contribution is 0.106. The fraction of sp³-hybridized carbons (Fsp3) is 0.125. The first-order valence-corrected chi connectivity index (χ1v) is 6.76. The minimum absolute atomic E-state index is 0.926. The van der Waals surface area contributed by atoms with Gasteiger partial charge in [-0.15, -0.1) is 11.3 Å². The molecule has 0 saturated carbocycles. The van der Waals surface area contributed by atoms with Crippen LogP contribution in [-0.4, -0.2) is 5.11 Å². The van der Waals surface area contributed by atoms with Gasteiger partial charge in [-0.2, -0.15) is 0 Å². The summed E-state index contributed by atoms with van der Waals surface area (Å²) < 4.78 is 1.21. The molecule has 2 heteroatoms. The summed E-state index contributed by atoms with van der Waals surface area (Å²) in [7, 11) is 0. The summed E-state index contributed by atoms with van der Waals surface area (Å²) >= 11 is 1.65. The molecule has 0 spiro atoms. The molecule has 0 aliphatic carbocycles. The molecular weight excluding hydrogens is 240 g/mol. The van der Waals surface area contributed by atoms with Gasteiger partial charge in [0.1, 0.15) is 5.60 Å². The van der Waals surface area contributed by atoms with Gasteiger partial charge in [0.25, 0.3) is 0 Å². The Labute approximate surface area is 110 Å². The third kappa shape index (κ3) is 1.84. The van der Waals surface area contributed by atoms with Gasteiger partial charge in [-0.3, -0.25) is 0 Å². The maximum atomic E-state index is 10.8. The van der Waals surface area contributed by atoms with Crippen molar-refractivity contribution < 1.29 is 5.11 Å². The molecule has 0 amide bonds. The van der Waals surface area contributed by atoms with Crippen LogP contribution >= 0.6 is 11.3 Å². The van der Waals surface area contributed by atoms with Gasteiger partial charge in [0.2, 0.25) is 0 Å². The van der Waals surface area contributed by atoms with E-state index >= 15 is 0 Å². The molecule has 3 rings (SSSR count). The second-order valence-corrected chi connectivity index (χ2v) is 5.67. The zero-order valence-electron chi connectivity index (χ0n) is 10.1. The van der Waals surface area contributed by atoms with Gasteiger partial charge in [0, 0.05) is 9.58 Å². The summed E-state index contributed by atoms with van der Waals surface area (Å²) in [4.78, 5) is 0.981. The van der Waals surface area contributed by atoms with E-state index in [4.69, 9.17) is 0 Å². The largest absolute Gasteiger partial charge is 0.380 e. The SMILES string of the molecule is CC(O)(c1ccccc1)c1cc2ccccc2s1. The molecule has 1 nitrogen and oxygen atoms in total. The monoisotopic (exact) mass is 254 g/mol. The summed E-state index contributed by atoms with van der Waals surface area (Å²) in [5.41, 5.74) is 0.00172. The van der Waals surface area contributed by atoms with Gasteiger partial charge in [-0.05, 0) is 30.0 Å². The van der Waals surface area contributed by atoms with E-state index in [0.29, 0.717) is 0 Å². The summed E-state index contributed by atoms with van der Waals surface area (Å²) in [6, 6.07) is 20.1. The standard InChI is InChI=1S/C16H14OS/c1-16(17,13-8-3-2-4-9-13)15-11-12-7-5-6-10-14(12)18-15/h2-11,17H,1H3. The fourth-order valence-electron chi connectivity index (χ4n) is 2.13. The molecule has 0 aliphatic rings. The quantitative estimate of drug-likeness (QED) is 0.728. The van der Waals surface area contributed by atoms with Crippen molar-refractivity contribution in [2.24, 2.45) is 0 Å². The number of hydrogen-bond donors (Lipinski definition) is 1. The third-order valence-electron chi connectivity index (χ3n) is 3.24. The average molecular weight is 254 g/mol. The molecule has 1 heterocycles. The fourth-order valence-corrected chi connectivity index (χ4v) is 3.26. The lowest BCUT2D eigenvalue weighted by atomic mass is 9.94. The molecule has 3 aromatic rings. The van der Waals surface area contributed by atoms with E-state index in [1.165, 1.54) is 10.1 Å². The van der Waals surface area contributed by atoms with Crippen molar-refractivity contribution >= 4 is 21.4 Å². The second kappa shape index (κ2) is 4.23. The van der Waals surface area contributed by atoms with Crippen molar-refractivity contribution in [3.05, 3.63) is 71.1 Å². The zero-order valence-corrected chi connectivity index (χ0v) is 10.9. The van der Waals surface area contributed by atoms with Crippen LogP contribution in [0, 0.1) is 0 Å². The summed E-state index contributed by atoms with van der Waals surface area (Å²) in [5, 5.41) is 12.0. The van der Waals surface area contributed by atoms with Gasteiger partial charge in [0.05, 0.1) is 0 Å². The Morgan fingerprint density at radius 3 is 2.33 bits per heavy atom. The molecule has 90 valence electrons. The van der Waals surface area contributed by atoms with Crippen LogP contribution < -0.4 is 0 Å². The predicted molar refractivity (Wildman–Crippen MR) is 76.9 cm³/mol. The first kappa shape index (κ1) is 11.5. The number of benzene rings is 2. The van der Waals surface area contributed by atoms with Crippen molar-refractivity contribution in [2.45, 2.75) is 12.5 Å². The molecule has 0 saturated heterocycles. The van der Waals surface area contributed by atoms with E-state index in [9.17, 15) is 5.11 Å². The van der Waals surface area contributed by atoms with Gasteiger partial charge in [-0.25, -0.2) is 0 Å². The zero-order chi connectivity index (χ0) is 12.6. The first-order chi connectivity index (χ1) is 8.68. The second-order valence-electron chi connectivity index (χ2n) is 4.59. The molecule has 0 bridgehead atoms. The van der Waals surface area contributed by atoms with E-state index in [1.54, 1.807) is 11.3 Å². The predicted octanol–water partition coefficient (Wildman–Crippen LogP) is 4.16. The highest BCUT2D eigenvalue weighted by Gasteiger charge is 2.27. The highest BCUT2D eigenvalue weighted by atomic mass is 32.1. The van der Waals surface area contributed by atoms with Crippen LogP contribution in [0.2, 0.25) is 0 Å². The van der Waals surface area contributed by atoms with Crippen LogP contribution in [0.25, 0.3) is 10.1 Å². The van der Waals surface area contributed by atoms with E-state index < -0.39 is 5.60 Å². The molecule has 2 aromatic carbocycles. The Balaban J connectivity index is 2.13. The number of hydrogen-bond acceptors (Lipinski definition) is 2. The highest BCUT2D eigenvalue weighted by Crippen LogP contribution is 2.37. The van der Waals surface area contributed by atoms with Gasteiger partial charge < -0.3 is 5.11 Å². The van der Waals surface area contributed by atoms with E-state index in [-0.39, 0.29) is 0 Å². The minimum atomic E-state index is -0.926. The maximum absolute atomic E-state index is 10.8. The van der Waals surface area contributed by atoms with Crippen molar-refractivity contribution in [3.63, 3.8) is 0 Å². The van der Waals surface area contributed by atoms with Gasteiger partial charge in [-0.1, -0.05) is 48.5 Å². The Kier molecular flexibility index (Phi) is 2.69.